The fraction of sp³-hybridized carbons (Fsp3) is 0.280. The Morgan fingerprint density at radius 2 is 1.77 bits per heavy atom. The maximum Gasteiger partial charge on any atom is 0.188 e. The summed E-state index contributed by atoms with van der Waals surface area (Å²) in [6.07, 6.45) is 6.25. The van der Waals surface area contributed by atoms with E-state index in [1.54, 1.807) is 14.2 Å². The van der Waals surface area contributed by atoms with Crippen LogP contribution in [0, 0.1) is 5.92 Å². The molecular formula is C25H25BrClNO3. The number of pyridine rings is 1. The summed E-state index contributed by atoms with van der Waals surface area (Å²) >= 11 is 6.58. The van der Waals surface area contributed by atoms with Crippen molar-refractivity contribution < 1.29 is 35.8 Å². The molecular weight excluding hydrogens is 478 g/mol. The van der Waals surface area contributed by atoms with Crippen LogP contribution in [0.15, 0.2) is 60.9 Å². The number of aromatic nitrogens is 1. The average Bonchev–Trinajstić information content (AvgIpc) is 2.77. The van der Waals surface area contributed by atoms with Gasteiger partial charge in [0.25, 0.3) is 0 Å². The van der Waals surface area contributed by atoms with Crippen molar-refractivity contribution in [3.8, 4) is 11.5 Å². The van der Waals surface area contributed by atoms with E-state index < -0.39 is 0 Å². The Balaban J connectivity index is 0.00000272. The highest BCUT2D eigenvalue weighted by molar-refractivity contribution is 6.31. The van der Waals surface area contributed by atoms with Crippen molar-refractivity contribution in [3.63, 3.8) is 0 Å². The van der Waals surface area contributed by atoms with E-state index in [0.717, 1.165) is 36.1 Å². The van der Waals surface area contributed by atoms with Crippen LogP contribution >= 0.6 is 11.6 Å². The van der Waals surface area contributed by atoms with Crippen molar-refractivity contribution in [1.29, 1.82) is 0 Å². The maximum absolute atomic E-state index is 13.2. The number of methoxy groups -OCH3 is 2. The van der Waals surface area contributed by atoms with Crippen molar-refractivity contribution in [1.82, 2.24) is 0 Å². The summed E-state index contributed by atoms with van der Waals surface area (Å²) in [6, 6.07) is 16.0. The first-order valence-electron chi connectivity index (χ1n) is 10.1. The van der Waals surface area contributed by atoms with Crippen LogP contribution < -0.4 is 31.0 Å². The Labute approximate surface area is 198 Å². The van der Waals surface area contributed by atoms with Gasteiger partial charge in [-0.2, -0.15) is 4.57 Å². The van der Waals surface area contributed by atoms with Gasteiger partial charge in [-0.1, -0.05) is 41.9 Å². The predicted molar refractivity (Wildman–Crippen MR) is 117 cm³/mol. The van der Waals surface area contributed by atoms with Crippen LogP contribution in [-0.4, -0.2) is 20.0 Å². The molecule has 1 heterocycles. The molecule has 4 rings (SSSR count). The normalized spacial score (nSPS) is 15.1. The summed E-state index contributed by atoms with van der Waals surface area (Å²) in [4.78, 5) is 13.2. The highest BCUT2D eigenvalue weighted by Crippen LogP contribution is 2.36. The van der Waals surface area contributed by atoms with Gasteiger partial charge in [0, 0.05) is 23.1 Å². The van der Waals surface area contributed by atoms with E-state index in [4.69, 9.17) is 21.1 Å². The van der Waals surface area contributed by atoms with Crippen molar-refractivity contribution >= 4 is 17.4 Å². The van der Waals surface area contributed by atoms with Gasteiger partial charge < -0.3 is 26.5 Å². The zero-order valence-electron chi connectivity index (χ0n) is 17.6. The van der Waals surface area contributed by atoms with Gasteiger partial charge in [0.15, 0.2) is 36.2 Å². The minimum atomic E-state index is -0.0851. The molecule has 1 aliphatic carbocycles. The molecule has 0 bridgehead atoms. The molecule has 1 unspecified atom stereocenters. The summed E-state index contributed by atoms with van der Waals surface area (Å²) in [5.74, 6) is 1.31. The lowest BCUT2D eigenvalue weighted by atomic mass is 9.79. The van der Waals surface area contributed by atoms with Crippen molar-refractivity contribution in [3.05, 3.63) is 88.2 Å². The average molecular weight is 503 g/mol. The van der Waals surface area contributed by atoms with Crippen LogP contribution in [0.3, 0.4) is 0 Å². The standard InChI is InChI=1S/C25H25ClNO3.BrH/c1-29-23-13-18-8-9-20(25(28)21(18)14-24(23)30-2)12-19-10-11-27(16-22(19)26)15-17-6-4-3-5-7-17;/h3-7,10-11,13-14,16,20H,8-9,12,15H2,1-2H3;1H/q+1;/p-1. The number of fused-ring (bicyclic) bond motifs is 1. The zero-order chi connectivity index (χ0) is 21.1. The van der Waals surface area contributed by atoms with E-state index >= 15 is 0 Å². The molecule has 1 aromatic heterocycles. The number of halogens is 2. The number of Topliss-reactive ketones (excluding diaryl/α,β-unsaturated/α-hetero) is 1. The van der Waals surface area contributed by atoms with Crippen molar-refractivity contribution in [2.24, 2.45) is 5.92 Å². The molecule has 6 heteroatoms. The van der Waals surface area contributed by atoms with E-state index in [9.17, 15) is 4.79 Å². The number of carbonyl (C=O) groups excluding carboxylic acids is 1. The topological polar surface area (TPSA) is 39.4 Å². The molecule has 31 heavy (non-hydrogen) atoms. The molecule has 0 fully saturated rings. The third-order valence-electron chi connectivity index (χ3n) is 5.74. The largest absolute Gasteiger partial charge is 1.00 e. The summed E-state index contributed by atoms with van der Waals surface area (Å²) < 4.78 is 12.8. The second kappa shape index (κ2) is 10.3. The first-order chi connectivity index (χ1) is 14.6. The number of hydrogen-bond acceptors (Lipinski definition) is 3. The molecule has 1 atom stereocenters. The number of ether oxygens (including phenoxy) is 2. The Bertz CT molecular complexity index is 1070. The van der Waals surface area contributed by atoms with E-state index in [1.165, 1.54) is 5.56 Å². The second-order valence-corrected chi connectivity index (χ2v) is 8.05. The Morgan fingerprint density at radius 3 is 2.45 bits per heavy atom. The van der Waals surface area contributed by atoms with Gasteiger partial charge >= 0.3 is 0 Å². The summed E-state index contributed by atoms with van der Waals surface area (Å²) in [5.41, 5.74) is 3.97. The molecule has 0 saturated heterocycles. The molecule has 4 nitrogen and oxygen atoms in total. The fourth-order valence-electron chi connectivity index (χ4n) is 4.09. The molecule has 0 aliphatic heterocycles. The minimum Gasteiger partial charge on any atom is -1.00 e. The molecule has 2 aromatic carbocycles. The SMILES string of the molecule is COc1cc2c(cc1OC)C(=O)C(Cc1cc[n+](Cc3ccccc3)cc1Cl)CC2.[Br-]. The van der Waals surface area contributed by atoms with Gasteiger partial charge in [0.1, 0.15) is 5.02 Å². The van der Waals surface area contributed by atoms with E-state index in [0.29, 0.717) is 22.9 Å². The molecule has 0 spiro atoms. The van der Waals surface area contributed by atoms with Gasteiger partial charge in [-0.05, 0) is 42.5 Å². The smallest absolute Gasteiger partial charge is 0.188 e. The molecule has 162 valence electrons. The van der Waals surface area contributed by atoms with Gasteiger partial charge in [0.2, 0.25) is 0 Å². The van der Waals surface area contributed by atoms with E-state index in [1.807, 2.05) is 48.8 Å². The van der Waals surface area contributed by atoms with Crippen molar-refractivity contribution in [2.75, 3.05) is 14.2 Å². The van der Waals surface area contributed by atoms with Crippen molar-refractivity contribution in [2.45, 2.75) is 25.8 Å². The van der Waals surface area contributed by atoms with Gasteiger partial charge in [-0.15, -0.1) is 0 Å². The monoisotopic (exact) mass is 501 g/mol. The number of carbonyl (C=O) groups is 1. The third kappa shape index (κ3) is 5.10. The summed E-state index contributed by atoms with van der Waals surface area (Å²) in [7, 11) is 3.20. The number of hydrogen-bond donors (Lipinski definition) is 0. The lowest BCUT2D eigenvalue weighted by molar-refractivity contribution is -0.688. The van der Waals surface area contributed by atoms with Crippen LogP contribution in [-0.2, 0) is 19.4 Å². The van der Waals surface area contributed by atoms with Crippen LogP contribution in [0.4, 0.5) is 0 Å². The highest BCUT2D eigenvalue weighted by atomic mass is 79.9. The van der Waals surface area contributed by atoms with Crippen LogP contribution in [0.1, 0.15) is 33.5 Å². The fourth-order valence-corrected chi connectivity index (χ4v) is 4.36. The Morgan fingerprint density at radius 1 is 1.06 bits per heavy atom. The first-order valence-corrected chi connectivity index (χ1v) is 10.5. The zero-order valence-corrected chi connectivity index (χ0v) is 19.9. The summed E-state index contributed by atoms with van der Waals surface area (Å²) in [5, 5.41) is 0.694. The van der Waals surface area contributed by atoms with E-state index in [-0.39, 0.29) is 28.7 Å². The quantitative estimate of drug-likeness (QED) is 0.482. The molecule has 0 radical (unpaired) electrons. The molecule has 1 aliphatic rings. The molecule has 3 aromatic rings. The van der Waals surface area contributed by atoms with Gasteiger partial charge in [-0.3, -0.25) is 4.79 Å². The predicted octanol–water partition coefficient (Wildman–Crippen LogP) is 1.68. The molecule has 0 N–H and O–H groups in total. The number of rotatable bonds is 6. The maximum atomic E-state index is 13.2. The number of benzene rings is 2. The number of aryl methyl sites for hydroxylation is 1. The lowest BCUT2D eigenvalue weighted by Gasteiger charge is -2.24. The first kappa shape index (κ1) is 23.3. The van der Waals surface area contributed by atoms with Gasteiger partial charge in [0.05, 0.1) is 14.2 Å². The Kier molecular flexibility index (Phi) is 7.74. The minimum absolute atomic E-state index is 0. The van der Waals surface area contributed by atoms with E-state index in [2.05, 4.69) is 16.7 Å². The van der Waals surface area contributed by atoms with Crippen LogP contribution in [0.5, 0.6) is 11.5 Å². The highest BCUT2D eigenvalue weighted by Gasteiger charge is 2.30. The lowest BCUT2D eigenvalue weighted by Crippen LogP contribution is -3.00. The summed E-state index contributed by atoms with van der Waals surface area (Å²) in [6.45, 7) is 0.762. The molecule has 0 saturated carbocycles. The second-order valence-electron chi connectivity index (χ2n) is 7.64. The number of nitrogens with zero attached hydrogens (tertiary/aromatic N) is 1. The van der Waals surface area contributed by atoms with Crippen LogP contribution in [0.25, 0.3) is 0 Å². The molecule has 0 amide bonds. The van der Waals surface area contributed by atoms with Gasteiger partial charge in [-0.25, -0.2) is 0 Å². The Hall–Kier alpha value is -2.37. The number of ketones is 1. The third-order valence-corrected chi connectivity index (χ3v) is 6.08. The van der Waals surface area contributed by atoms with Crippen LogP contribution in [0.2, 0.25) is 5.02 Å².